The van der Waals surface area contributed by atoms with Crippen molar-refractivity contribution < 1.29 is 9.90 Å². The Morgan fingerprint density at radius 1 is 0.714 bits per heavy atom. The van der Waals surface area contributed by atoms with Crippen LogP contribution >= 0.6 is 0 Å². The van der Waals surface area contributed by atoms with Gasteiger partial charge in [0.1, 0.15) is 17.1 Å². The van der Waals surface area contributed by atoms with E-state index in [1.165, 1.54) is 51.4 Å². The van der Waals surface area contributed by atoms with Gasteiger partial charge in [-0.1, -0.05) is 118 Å². The van der Waals surface area contributed by atoms with E-state index in [0.29, 0.717) is 16.4 Å². The fourth-order valence-corrected chi connectivity index (χ4v) is 8.03. The van der Waals surface area contributed by atoms with E-state index in [0.717, 1.165) is 56.8 Å². The van der Waals surface area contributed by atoms with E-state index in [4.69, 9.17) is 4.99 Å². The number of aliphatic hydroxyl groups is 1. The summed E-state index contributed by atoms with van der Waals surface area (Å²) >= 11 is 0. The first-order valence-corrected chi connectivity index (χ1v) is 19.7. The van der Waals surface area contributed by atoms with E-state index in [1.807, 2.05) is 49.4 Å². The van der Waals surface area contributed by atoms with Crippen molar-refractivity contribution in [2.45, 2.75) is 96.3 Å². The van der Waals surface area contributed by atoms with Crippen LogP contribution in [0, 0.1) is 0 Å². The topological polar surface area (TPSA) is 85.8 Å². The second-order valence-corrected chi connectivity index (χ2v) is 15.1. The molecule has 1 aliphatic carbocycles. The van der Waals surface area contributed by atoms with Crippen LogP contribution < -0.4 is 26.5 Å². The predicted octanol–water partition coefficient (Wildman–Crippen LogP) is 10.5. The zero-order valence-corrected chi connectivity index (χ0v) is 32.4. The Balaban J connectivity index is 1.26. The van der Waals surface area contributed by atoms with Crippen molar-refractivity contribution in [2.24, 2.45) is 4.99 Å². The Bertz CT molecular complexity index is 2810. The third-order valence-electron chi connectivity index (χ3n) is 10.7. The molecule has 0 aromatic heterocycles. The van der Waals surface area contributed by atoms with E-state index in [1.54, 1.807) is 6.08 Å². The van der Waals surface area contributed by atoms with Gasteiger partial charge in [-0.2, -0.15) is 0 Å². The zero-order valence-electron chi connectivity index (χ0n) is 32.4. The van der Waals surface area contributed by atoms with Crippen LogP contribution in [-0.4, -0.2) is 22.2 Å². The molecule has 3 aliphatic rings. The molecule has 6 nitrogen and oxygen atoms in total. The molecule has 0 spiro atoms. The number of Topliss-reactive ketones (excluding diaryl/α,β-unsaturated/α-hetero) is 1. The molecule has 6 heteroatoms. The van der Waals surface area contributed by atoms with Crippen LogP contribution in [0.5, 0.6) is 0 Å². The number of anilines is 3. The highest BCUT2D eigenvalue weighted by Crippen LogP contribution is 2.46. The van der Waals surface area contributed by atoms with Gasteiger partial charge >= 0.3 is 0 Å². The molecule has 0 fully saturated rings. The number of carbonyl (C=O) groups is 1. The average molecular weight is 735 g/mol. The molecule has 0 saturated carbocycles. The van der Waals surface area contributed by atoms with E-state index in [2.05, 4.69) is 106 Å². The van der Waals surface area contributed by atoms with E-state index in [9.17, 15) is 9.90 Å². The lowest BCUT2D eigenvalue weighted by molar-refractivity contribution is -0.109. The SMILES string of the molecule is C=C=C=C=C=C=C=C=C=C=CC1(C)Nc2cccc3ccc(C4=C(O)C(=c5ccc6cccc7c6c5=NC(C)(CCCCCCCCCCC)N7)C4=O)c(c23)N1. The fourth-order valence-electron chi connectivity index (χ4n) is 8.03. The first-order chi connectivity index (χ1) is 27.3. The summed E-state index contributed by atoms with van der Waals surface area (Å²) in [5.41, 5.74) is 26.4. The summed E-state index contributed by atoms with van der Waals surface area (Å²) in [6, 6.07) is 20.1. The Labute approximate surface area is 328 Å². The smallest absolute Gasteiger partial charge is 0.201 e. The number of hydrogen-bond acceptors (Lipinski definition) is 6. The van der Waals surface area contributed by atoms with Crippen LogP contribution in [0.3, 0.4) is 0 Å². The molecule has 278 valence electrons. The highest BCUT2D eigenvalue weighted by molar-refractivity contribution is 6.52. The first-order valence-electron chi connectivity index (χ1n) is 19.7. The lowest BCUT2D eigenvalue weighted by Crippen LogP contribution is -2.45. The molecule has 2 aliphatic heterocycles. The molecule has 4 aromatic carbocycles. The van der Waals surface area contributed by atoms with E-state index >= 15 is 0 Å². The zero-order chi connectivity index (χ0) is 39.1. The number of benzene rings is 4. The van der Waals surface area contributed by atoms with Crippen LogP contribution in [0.1, 0.15) is 90.5 Å². The molecule has 0 saturated heterocycles. The molecule has 4 aromatic rings. The Hall–Kier alpha value is -6.56. The van der Waals surface area contributed by atoms with Crippen LogP contribution in [0.15, 0.2) is 136 Å². The number of carbonyl (C=O) groups excluding carboxylic acids is 1. The molecular weight excluding hydrogens is 689 g/mol. The molecule has 4 N–H and O–H groups in total. The molecule has 0 amide bonds. The summed E-state index contributed by atoms with van der Waals surface area (Å²) < 4.78 is 0. The van der Waals surface area contributed by atoms with Gasteiger partial charge in [-0.15, -0.1) is 0 Å². The van der Waals surface area contributed by atoms with Crippen molar-refractivity contribution in [1.82, 2.24) is 0 Å². The van der Waals surface area contributed by atoms with Crippen molar-refractivity contribution in [3.8, 4) is 0 Å². The fraction of sp³-hybridized carbons (Fsp3) is 0.300. The molecule has 2 heterocycles. The normalized spacial score (nSPS) is 19.4. The first kappa shape index (κ1) is 37.7. The summed E-state index contributed by atoms with van der Waals surface area (Å²) in [6.07, 6.45) is 14.0. The lowest BCUT2D eigenvalue weighted by Gasteiger charge is -2.38. The van der Waals surface area contributed by atoms with Gasteiger partial charge < -0.3 is 21.1 Å². The maximum atomic E-state index is 14.4. The van der Waals surface area contributed by atoms with Gasteiger partial charge in [0.15, 0.2) is 0 Å². The number of nitrogens with zero attached hydrogens (tertiary/aromatic N) is 1. The van der Waals surface area contributed by atoms with Crippen molar-refractivity contribution >= 4 is 55.5 Å². The minimum atomic E-state index is -0.817. The second-order valence-electron chi connectivity index (χ2n) is 15.1. The van der Waals surface area contributed by atoms with Crippen molar-refractivity contribution in [3.63, 3.8) is 0 Å². The van der Waals surface area contributed by atoms with Crippen LogP contribution in [-0.2, 0) is 4.79 Å². The molecule has 0 bridgehead atoms. The number of allylic oxidation sites excluding steroid dienone is 2. The van der Waals surface area contributed by atoms with Crippen LogP contribution in [0.4, 0.5) is 17.1 Å². The molecule has 2 atom stereocenters. The highest BCUT2D eigenvalue weighted by Gasteiger charge is 2.40. The van der Waals surface area contributed by atoms with Crippen molar-refractivity contribution in [3.05, 3.63) is 147 Å². The number of unbranched alkanes of at least 4 members (excludes halogenated alkanes) is 8. The van der Waals surface area contributed by atoms with Gasteiger partial charge in [-0.25, -0.2) is 0 Å². The molecule has 2 unspecified atom stereocenters. The van der Waals surface area contributed by atoms with Gasteiger partial charge in [0.05, 0.1) is 22.2 Å². The number of nitrogens with one attached hydrogen (secondary N) is 3. The number of aliphatic hydroxyl groups excluding tert-OH is 1. The summed E-state index contributed by atoms with van der Waals surface area (Å²) in [7, 11) is 0. The summed E-state index contributed by atoms with van der Waals surface area (Å²) in [5.74, 6) is -0.237. The van der Waals surface area contributed by atoms with Crippen molar-refractivity contribution in [1.29, 1.82) is 0 Å². The molecular formula is C50H46N4O2. The maximum Gasteiger partial charge on any atom is 0.201 e. The Morgan fingerprint density at radius 2 is 1.34 bits per heavy atom. The third kappa shape index (κ3) is 7.68. The standard InChI is InChI=1S/C50H46N4O2/c1-5-7-9-11-13-15-17-19-21-33-49(3)51-39-27-23-25-35-29-31-37(45(53-49)41(35)39)43-47(55)44(48(43)56)38-32-30-36-26-24-28-40-42(36)46(38)54-50(4,52-40)34-22-20-18-16-14-12-10-8-6-2/h23-33,51-53,55H,1,6,8,10,12,14,16,18,20,22,34H2,2-4H3. The molecule has 0 radical (unpaired) electrons. The molecule has 56 heavy (non-hydrogen) atoms. The number of rotatable bonds is 12. The van der Waals surface area contributed by atoms with Gasteiger partial charge in [0, 0.05) is 39.0 Å². The number of hydrogen-bond donors (Lipinski definition) is 4. The molecule has 7 rings (SSSR count). The monoisotopic (exact) mass is 734 g/mol. The minimum Gasteiger partial charge on any atom is -0.506 e. The van der Waals surface area contributed by atoms with E-state index < -0.39 is 11.3 Å². The minimum absolute atomic E-state index is 0.0246. The largest absolute Gasteiger partial charge is 0.506 e. The summed E-state index contributed by atoms with van der Waals surface area (Å²) in [5, 5.41) is 28.1. The van der Waals surface area contributed by atoms with Gasteiger partial charge in [0.25, 0.3) is 0 Å². The van der Waals surface area contributed by atoms with Crippen LogP contribution in [0.2, 0.25) is 0 Å². The summed E-state index contributed by atoms with van der Waals surface area (Å²) in [6.45, 7) is 9.76. The third-order valence-corrected chi connectivity index (χ3v) is 10.7. The van der Waals surface area contributed by atoms with Gasteiger partial charge in [-0.3, -0.25) is 9.79 Å². The van der Waals surface area contributed by atoms with Gasteiger partial charge in [0.2, 0.25) is 5.78 Å². The Morgan fingerprint density at radius 3 is 2.04 bits per heavy atom. The lowest BCUT2D eigenvalue weighted by atomic mass is 9.80. The van der Waals surface area contributed by atoms with Crippen LogP contribution in [0.25, 0.3) is 32.7 Å². The van der Waals surface area contributed by atoms with Crippen molar-refractivity contribution in [2.75, 3.05) is 16.0 Å². The number of ketones is 1. The summed E-state index contributed by atoms with van der Waals surface area (Å²) in [4.78, 5) is 19.7. The highest BCUT2D eigenvalue weighted by atomic mass is 16.3. The predicted molar refractivity (Wildman–Crippen MR) is 228 cm³/mol. The quantitative estimate of drug-likeness (QED) is 0.0860. The average Bonchev–Trinajstić information content (AvgIpc) is 3.18. The van der Waals surface area contributed by atoms with E-state index in [-0.39, 0.29) is 17.1 Å². The van der Waals surface area contributed by atoms with Gasteiger partial charge in [-0.05, 0) is 96.3 Å². The maximum absolute atomic E-state index is 14.4. The Kier molecular flexibility index (Phi) is 11.1. The second kappa shape index (κ2) is 16.4.